The number of alkyl halides is 3. The number of aliphatic imine (C=N–C) groups is 1. The Kier molecular flexibility index (Phi) is 8.55. The van der Waals surface area contributed by atoms with Crippen LogP contribution in [0.1, 0.15) is 12.0 Å². The fourth-order valence-electron chi connectivity index (χ4n) is 4.16. The highest BCUT2D eigenvalue weighted by molar-refractivity contribution is 6.31. The number of hydrogen-bond donors (Lipinski definition) is 2. The average Bonchev–Trinajstić information content (AvgIpc) is 3.34. The number of fused-ring (bicyclic) bond motifs is 1. The van der Waals surface area contributed by atoms with Crippen molar-refractivity contribution < 1.29 is 27.4 Å². The van der Waals surface area contributed by atoms with Gasteiger partial charge in [0.1, 0.15) is 24.5 Å². The minimum Gasteiger partial charge on any atom is -0.358 e. The fraction of sp³-hybridized carbons (Fsp3) is 0.222. The Labute approximate surface area is 242 Å². The van der Waals surface area contributed by atoms with Crippen LogP contribution < -0.4 is 10.6 Å². The third-order valence-corrected chi connectivity index (χ3v) is 6.41. The lowest BCUT2D eigenvalue weighted by atomic mass is 10.1. The Bertz CT molecular complexity index is 1710. The van der Waals surface area contributed by atoms with Crippen LogP contribution in [0.15, 0.2) is 65.3 Å². The number of carbonyl (C=O) groups is 1. The first-order chi connectivity index (χ1) is 19.8. The summed E-state index contributed by atoms with van der Waals surface area (Å²) >= 11 is 6.08. The van der Waals surface area contributed by atoms with Crippen molar-refractivity contribution in [2.75, 3.05) is 37.8 Å². The molecule has 216 valence electrons. The van der Waals surface area contributed by atoms with Crippen molar-refractivity contribution in [3.05, 3.63) is 81.0 Å². The molecule has 3 heterocycles. The molecule has 0 bridgehead atoms. The molecule has 2 N–H and O–H groups in total. The van der Waals surface area contributed by atoms with Crippen molar-refractivity contribution in [3.63, 3.8) is 0 Å². The van der Waals surface area contributed by atoms with Crippen molar-refractivity contribution in [1.29, 1.82) is 0 Å². The number of rotatable bonds is 9. The molecule has 1 aliphatic rings. The Hall–Kier alpha value is -4.87. The Morgan fingerprint density at radius 2 is 2.02 bits per heavy atom. The number of nitrogens with one attached hydrogen (secondary N) is 2. The van der Waals surface area contributed by atoms with Crippen molar-refractivity contribution in [1.82, 2.24) is 15.0 Å². The number of terminal acetylenes is 1. The number of hydrogen-bond acceptors (Lipinski definition) is 8. The molecule has 0 saturated heterocycles. The molecule has 2 aromatic heterocycles. The van der Waals surface area contributed by atoms with Crippen LogP contribution in [0, 0.1) is 22.5 Å². The lowest BCUT2D eigenvalue weighted by Gasteiger charge is -2.28. The molecule has 0 radical (unpaired) electrons. The first kappa shape index (κ1) is 30.1. The maximum atomic E-state index is 13.1. The minimum absolute atomic E-state index is 0.0312. The van der Waals surface area contributed by atoms with Crippen LogP contribution in [0.5, 0.6) is 0 Å². The lowest BCUT2D eigenvalue weighted by molar-refractivity contribution is -0.880. The van der Waals surface area contributed by atoms with Crippen LogP contribution in [0.3, 0.4) is 0 Å². The van der Waals surface area contributed by atoms with E-state index in [4.69, 9.17) is 18.0 Å². The zero-order valence-corrected chi connectivity index (χ0v) is 23.0. The van der Waals surface area contributed by atoms with Crippen LogP contribution in [0.25, 0.3) is 10.9 Å². The predicted octanol–water partition coefficient (Wildman–Crippen LogP) is 4.87. The molecular formula is C27H23ClF3N8O3+. The predicted molar refractivity (Wildman–Crippen MR) is 152 cm³/mol. The van der Waals surface area contributed by atoms with Gasteiger partial charge in [0, 0.05) is 22.7 Å². The lowest BCUT2D eigenvalue weighted by Crippen LogP contribution is -2.42. The summed E-state index contributed by atoms with van der Waals surface area (Å²) in [6.45, 7) is 0.126. The van der Waals surface area contributed by atoms with E-state index < -0.39 is 35.0 Å². The number of halogens is 4. The molecule has 0 atom stereocenters. The Morgan fingerprint density at radius 1 is 1.26 bits per heavy atom. The van der Waals surface area contributed by atoms with E-state index in [0.29, 0.717) is 33.0 Å². The second-order valence-electron chi connectivity index (χ2n) is 9.86. The molecule has 15 heteroatoms. The molecule has 42 heavy (non-hydrogen) atoms. The summed E-state index contributed by atoms with van der Waals surface area (Å²) in [5.74, 6) is 1.85. The van der Waals surface area contributed by atoms with Gasteiger partial charge in [0.25, 0.3) is 0 Å². The third kappa shape index (κ3) is 7.25. The van der Waals surface area contributed by atoms with Crippen molar-refractivity contribution in [2.24, 2.45) is 4.99 Å². The summed E-state index contributed by atoms with van der Waals surface area (Å²) in [5.41, 5.74) is 0.422. The summed E-state index contributed by atoms with van der Waals surface area (Å²) in [5, 5.41) is 18.0. The van der Waals surface area contributed by atoms with Gasteiger partial charge < -0.3 is 25.2 Å². The summed E-state index contributed by atoms with van der Waals surface area (Å²) in [7, 11) is 3.34. The monoisotopic (exact) mass is 599 g/mol. The number of quaternary nitrogens is 1. The highest BCUT2D eigenvalue weighted by atomic mass is 35.5. The average molecular weight is 600 g/mol. The van der Waals surface area contributed by atoms with Crippen LogP contribution in [-0.2, 0) is 4.79 Å². The maximum absolute atomic E-state index is 13.1. The number of aromatic nitrogens is 3. The van der Waals surface area contributed by atoms with E-state index in [2.05, 4.69) is 36.5 Å². The highest BCUT2D eigenvalue weighted by Crippen LogP contribution is 2.31. The third-order valence-electron chi connectivity index (χ3n) is 6.08. The van der Waals surface area contributed by atoms with E-state index in [9.17, 15) is 28.1 Å². The van der Waals surface area contributed by atoms with Gasteiger partial charge >= 0.3 is 12.0 Å². The van der Waals surface area contributed by atoms with E-state index in [1.54, 1.807) is 38.4 Å². The number of benzene rings is 1. The first-order valence-corrected chi connectivity index (χ1v) is 12.6. The molecule has 1 aliphatic heterocycles. The zero-order valence-electron chi connectivity index (χ0n) is 22.2. The SMILES string of the molecule is C#Cc1cc(Nc2ncnc3cnc(NC(=O)/C=C/C[N+](C)(C)CC4=C([N+](=O)[O-])N=C(C(F)(F)F)C4)cc23)ccc1Cl. The fourth-order valence-corrected chi connectivity index (χ4v) is 4.33. The second-order valence-corrected chi connectivity index (χ2v) is 10.3. The van der Waals surface area contributed by atoms with Gasteiger partial charge in [-0.05, 0) is 40.3 Å². The highest BCUT2D eigenvalue weighted by Gasteiger charge is 2.47. The number of nitro groups is 1. The second kappa shape index (κ2) is 11.9. The van der Waals surface area contributed by atoms with E-state index in [-0.39, 0.29) is 29.0 Å². The van der Waals surface area contributed by atoms with E-state index in [1.165, 1.54) is 24.7 Å². The van der Waals surface area contributed by atoms with Gasteiger partial charge in [-0.3, -0.25) is 4.79 Å². The molecule has 3 aromatic rings. The largest absolute Gasteiger partial charge is 0.454 e. The smallest absolute Gasteiger partial charge is 0.358 e. The van der Waals surface area contributed by atoms with Crippen molar-refractivity contribution in [3.8, 4) is 12.3 Å². The van der Waals surface area contributed by atoms with Gasteiger partial charge in [-0.15, -0.1) is 6.42 Å². The summed E-state index contributed by atoms with van der Waals surface area (Å²) in [6, 6.07) is 6.66. The van der Waals surface area contributed by atoms with E-state index in [0.717, 1.165) is 0 Å². The standard InChI is InChI=1S/C27H22ClF3N8O3/c1-4-16-10-18(7-8-20(16)28)35-25-19-12-23(32-13-21(19)33-15-34-25)37-24(40)6-5-9-39(2,3)14-17-11-22(27(29,30)31)36-26(17)38(41)42/h1,5-8,10,12-13,15H,9,11,14H2,2-3H3,(H-,32,33,34,35,37,40)/p+1/b6-5+. The Balaban J connectivity index is 1.42. The molecule has 1 amide bonds. The minimum atomic E-state index is -4.75. The van der Waals surface area contributed by atoms with Crippen LogP contribution >= 0.6 is 11.6 Å². The summed E-state index contributed by atoms with van der Waals surface area (Å²) in [4.78, 5) is 38.8. The summed E-state index contributed by atoms with van der Waals surface area (Å²) in [6.07, 6.45) is 5.68. The van der Waals surface area contributed by atoms with Crippen molar-refractivity contribution >= 4 is 51.4 Å². The summed E-state index contributed by atoms with van der Waals surface area (Å²) < 4.78 is 39.2. The number of amides is 1. The number of likely N-dealkylation sites (N-methyl/N-ethyl adjacent to an activating group) is 1. The normalized spacial score (nSPS) is 13.8. The molecule has 0 saturated carbocycles. The van der Waals surface area contributed by atoms with Crippen molar-refractivity contribution in [2.45, 2.75) is 12.6 Å². The number of carbonyl (C=O) groups excluding carboxylic acids is 1. The molecule has 0 fully saturated rings. The zero-order chi connectivity index (χ0) is 30.7. The van der Waals surface area contributed by atoms with Gasteiger partial charge in [-0.2, -0.15) is 13.2 Å². The Morgan fingerprint density at radius 3 is 2.71 bits per heavy atom. The molecule has 11 nitrogen and oxygen atoms in total. The van der Waals surface area contributed by atoms with Crippen LogP contribution in [0.4, 0.5) is 30.5 Å². The number of anilines is 3. The van der Waals surface area contributed by atoms with Crippen LogP contribution in [0.2, 0.25) is 5.02 Å². The van der Waals surface area contributed by atoms with Gasteiger partial charge in [0.15, 0.2) is 0 Å². The van der Waals surface area contributed by atoms with Gasteiger partial charge in [-0.1, -0.05) is 17.5 Å². The molecule has 4 rings (SSSR count). The first-order valence-electron chi connectivity index (χ1n) is 12.2. The molecule has 1 aromatic carbocycles. The van der Waals surface area contributed by atoms with Gasteiger partial charge in [0.2, 0.25) is 11.6 Å². The maximum Gasteiger partial charge on any atom is 0.454 e. The molecule has 0 spiro atoms. The molecule has 0 aliphatic carbocycles. The quantitative estimate of drug-likeness (QED) is 0.118. The van der Waals surface area contributed by atoms with E-state index >= 15 is 0 Å². The molecular weight excluding hydrogens is 577 g/mol. The number of nitrogens with zero attached hydrogens (tertiary/aromatic N) is 6. The van der Waals surface area contributed by atoms with E-state index in [1.807, 2.05) is 0 Å². The van der Waals surface area contributed by atoms with Gasteiger partial charge in [0.05, 0.1) is 49.4 Å². The molecule has 0 unspecified atom stereocenters. The number of pyridine rings is 1. The van der Waals surface area contributed by atoms with Gasteiger partial charge in [-0.25, -0.2) is 15.0 Å². The van der Waals surface area contributed by atoms with Crippen LogP contribution in [-0.4, -0.2) is 69.3 Å². The topological polar surface area (TPSA) is 135 Å².